The highest BCUT2D eigenvalue weighted by Crippen LogP contribution is 2.13. The average Bonchev–Trinajstić information content (AvgIpc) is 2.36. The Morgan fingerprint density at radius 1 is 1.47 bits per heavy atom. The summed E-state index contributed by atoms with van der Waals surface area (Å²) in [5, 5.41) is 21.2. The van der Waals surface area contributed by atoms with Crippen LogP contribution in [0.25, 0.3) is 0 Å². The minimum Gasteiger partial charge on any atom is -0.396 e. The molecule has 15 heavy (non-hydrogen) atoms. The maximum Gasteiger partial charge on any atom is 0.154 e. The van der Waals surface area contributed by atoms with Crippen molar-refractivity contribution in [1.29, 1.82) is 0 Å². The van der Waals surface area contributed by atoms with Gasteiger partial charge in [0.2, 0.25) is 0 Å². The van der Waals surface area contributed by atoms with E-state index < -0.39 is 15.9 Å². The smallest absolute Gasteiger partial charge is 0.154 e. The summed E-state index contributed by atoms with van der Waals surface area (Å²) in [5.41, 5.74) is 0. The van der Waals surface area contributed by atoms with Crippen molar-refractivity contribution in [3.05, 3.63) is 0 Å². The van der Waals surface area contributed by atoms with Crippen LogP contribution in [0.1, 0.15) is 13.3 Å². The van der Waals surface area contributed by atoms with Gasteiger partial charge in [0.25, 0.3) is 0 Å². The predicted octanol–water partition coefficient (Wildman–Crippen LogP) is -1.25. The number of hydrogen-bond donors (Lipinski definition) is 3. The van der Waals surface area contributed by atoms with E-state index in [1.165, 1.54) is 0 Å². The summed E-state index contributed by atoms with van der Waals surface area (Å²) in [5.74, 6) is 0.157. The fourth-order valence-electron chi connectivity index (χ4n) is 1.70. The maximum absolute atomic E-state index is 11.2. The Morgan fingerprint density at radius 2 is 2.13 bits per heavy atom. The minimum absolute atomic E-state index is 0.0139. The zero-order valence-electron chi connectivity index (χ0n) is 8.89. The van der Waals surface area contributed by atoms with Crippen LogP contribution in [0.15, 0.2) is 0 Å². The molecule has 3 unspecified atom stereocenters. The second-order valence-corrected chi connectivity index (χ2v) is 6.43. The Balaban J connectivity index is 2.34. The van der Waals surface area contributed by atoms with Gasteiger partial charge in [-0.05, 0) is 18.9 Å². The third-order valence-electron chi connectivity index (χ3n) is 2.67. The molecule has 0 amide bonds. The number of aliphatic hydroxyl groups excluding tert-OH is 2. The van der Waals surface area contributed by atoms with E-state index in [9.17, 15) is 13.5 Å². The van der Waals surface area contributed by atoms with Gasteiger partial charge >= 0.3 is 0 Å². The summed E-state index contributed by atoms with van der Waals surface area (Å²) < 4.78 is 22.4. The molecule has 1 saturated heterocycles. The first-order valence-corrected chi connectivity index (χ1v) is 6.99. The first-order valence-electron chi connectivity index (χ1n) is 5.17. The number of rotatable bonds is 5. The topological polar surface area (TPSA) is 86.6 Å². The highest BCUT2D eigenvalue weighted by molar-refractivity contribution is 7.91. The van der Waals surface area contributed by atoms with Crippen molar-refractivity contribution in [1.82, 2.24) is 5.32 Å². The van der Waals surface area contributed by atoms with Crippen molar-refractivity contribution in [2.45, 2.75) is 25.5 Å². The molecule has 0 spiro atoms. The zero-order chi connectivity index (χ0) is 11.5. The van der Waals surface area contributed by atoms with Gasteiger partial charge in [-0.25, -0.2) is 8.42 Å². The van der Waals surface area contributed by atoms with Crippen LogP contribution in [-0.2, 0) is 9.84 Å². The molecule has 90 valence electrons. The monoisotopic (exact) mass is 237 g/mol. The summed E-state index contributed by atoms with van der Waals surface area (Å²) >= 11 is 0. The molecule has 3 N–H and O–H groups in total. The molecular weight excluding hydrogens is 218 g/mol. The van der Waals surface area contributed by atoms with Crippen LogP contribution in [0, 0.1) is 5.92 Å². The fourth-order valence-corrected chi connectivity index (χ4v) is 3.47. The molecule has 0 radical (unpaired) electrons. The molecule has 0 aromatic carbocycles. The lowest BCUT2D eigenvalue weighted by Crippen LogP contribution is -2.41. The van der Waals surface area contributed by atoms with Crippen molar-refractivity contribution in [3.8, 4) is 0 Å². The van der Waals surface area contributed by atoms with Crippen molar-refractivity contribution in [2.24, 2.45) is 5.92 Å². The summed E-state index contributed by atoms with van der Waals surface area (Å²) in [6.45, 7) is 2.73. The Labute approximate surface area is 90.4 Å². The lowest BCUT2D eigenvalue weighted by atomic mass is 10.1. The van der Waals surface area contributed by atoms with Crippen LogP contribution in [0.5, 0.6) is 0 Å². The fraction of sp³-hybridized carbons (Fsp3) is 1.00. The molecule has 1 heterocycles. The lowest BCUT2D eigenvalue weighted by Gasteiger charge is -2.17. The van der Waals surface area contributed by atoms with Crippen LogP contribution >= 0.6 is 0 Å². The van der Waals surface area contributed by atoms with E-state index in [0.29, 0.717) is 13.0 Å². The predicted molar refractivity (Wildman–Crippen MR) is 57.3 cm³/mol. The van der Waals surface area contributed by atoms with Crippen LogP contribution in [0.4, 0.5) is 0 Å². The van der Waals surface area contributed by atoms with E-state index in [2.05, 4.69) is 5.32 Å². The molecule has 1 rings (SSSR count). The van der Waals surface area contributed by atoms with Gasteiger partial charge in [0, 0.05) is 12.6 Å². The minimum atomic E-state index is -3.07. The summed E-state index contributed by atoms with van der Waals surface area (Å²) in [4.78, 5) is 0. The highest BCUT2D eigenvalue weighted by atomic mass is 32.2. The van der Waals surface area contributed by atoms with Gasteiger partial charge in [-0.1, -0.05) is 6.92 Å². The number of sulfone groups is 1. The maximum atomic E-state index is 11.2. The van der Waals surface area contributed by atoms with Crippen LogP contribution < -0.4 is 5.32 Å². The van der Waals surface area contributed by atoms with Crippen LogP contribution in [0.2, 0.25) is 0 Å². The molecule has 6 heteroatoms. The molecule has 0 bridgehead atoms. The Hall–Kier alpha value is -0.170. The first-order chi connectivity index (χ1) is 6.94. The van der Waals surface area contributed by atoms with E-state index in [1.54, 1.807) is 0 Å². The van der Waals surface area contributed by atoms with Gasteiger partial charge in [-0.15, -0.1) is 0 Å². The lowest BCUT2D eigenvalue weighted by molar-refractivity contribution is 0.162. The van der Waals surface area contributed by atoms with Crippen molar-refractivity contribution >= 4 is 9.84 Å². The number of aliphatic hydroxyl groups is 2. The SMILES string of the molecule is CC(CCO)CNC1CS(=O)(=O)CC1O. The number of hydrogen-bond acceptors (Lipinski definition) is 5. The van der Waals surface area contributed by atoms with Gasteiger partial charge in [0.15, 0.2) is 9.84 Å². The third kappa shape index (κ3) is 4.06. The largest absolute Gasteiger partial charge is 0.396 e. The zero-order valence-corrected chi connectivity index (χ0v) is 9.70. The van der Waals surface area contributed by atoms with Gasteiger partial charge < -0.3 is 15.5 Å². The Morgan fingerprint density at radius 3 is 2.60 bits per heavy atom. The Kier molecular flexibility index (Phi) is 4.51. The molecule has 0 aromatic heterocycles. The normalized spacial score (nSPS) is 31.7. The molecule has 0 aromatic rings. The first kappa shape index (κ1) is 12.9. The van der Waals surface area contributed by atoms with E-state index >= 15 is 0 Å². The third-order valence-corrected chi connectivity index (χ3v) is 4.39. The summed E-state index contributed by atoms with van der Waals surface area (Å²) in [6.07, 6.45) is -0.112. The molecule has 1 aliphatic heterocycles. The molecular formula is C9H19NO4S. The quantitative estimate of drug-likeness (QED) is 0.556. The van der Waals surface area contributed by atoms with Crippen LogP contribution in [-0.4, -0.2) is 55.4 Å². The summed E-state index contributed by atoms with van der Waals surface area (Å²) in [7, 11) is -3.07. The van der Waals surface area contributed by atoms with Gasteiger partial charge in [-0.3, -0.25) is 0 Å². The van der Waals surface area contributed by atoms with E-state index in [-0.39, 0.29) is 30.1 Å². The molecule has 0 aliphatic carbocycles. The standard InChI is InChI=1S/C9H19NO4S/c1-7(2-3-11)4-10-8-5-15(13,14)6-9(8)12/h7-12H,2-6H2,1H3. The molecule has 1 aliphatic rings. The van der Waals surface area contributed by atoms with E-state index in [1.807, 2.05) is 6.92 Å². The Bertz CT molecular complexity index is 290. The van der Waals surface area contributed by atoms with Crippen molar-refractivity contribution in [2.75, 3.05) is 24.7 Å². The van der Waals surface area contributed by atoms with E-state index in [0.717, 1.165) is 0 Å². The van der Waals surface area contributed by atoms with Crippen molar-refractivity contribution in [3.63, 3.8) is 0 Å². The summed E-state index contributed by atoms with van der Waals surface area (Å²) in [6, 6.07) is -0.351. The van der Waals surface area contributed by atoms with E-state index in [4.69, 9.17) is 5.11 Å². The second kappa shape index (κ2) is 5.25. The molecule has 5 nitrogen and oxygen atoms in total. The van der Waals surface area contributed by atoms with Gasteiger partial charge in [-0.2, -0.15) is 0 Å². The molecule has 1 fully saturated rings. The van der Waals surface area contributed by atoms with Gasteiger partial charge in [0.1, 0.15) is 0 Å². The average molecular weight is 237 g/mol. The second-order valence-electron chi connectivity index (χ2n) is 4.28. The molecule has 3 atom stereocenters. The molecule has 0 saturated carbocycles. The number of nitrogens with one attached hydrogen (secondary N) is 1. The van der Waals surface area contributed by atoms with Gasteiger partial charge in [0.05, 0.1) is 17.6 Å². The van der Waals surface area contributed by atoms with Crippen molar-refractivity contribution < 1.29 is 18.6 Å². The highest BCUT2D eigenvalue weighted by Gasteiger charge is 2.35. The van der Waals surface area contributed by atoms with Crippen LogP contribution in [0.3, 0.4) is 0 Å².